The first-order valence-corrected chi connectivity index (χ1v) is 11.7. The van der Waals surface area contributed by atoms with Crippen LogP contribution in [-0.4, -0.2) is 60.2 Å². The lowest BCUT2D eigenvalue weighted by Crippen LogP contribution is -2.54. The average molecular weight is 458 g/mol. The Labute approximate surface area is 201 Å². The van der Waals surface area contributed by atoms with E-state index in [0.717, 1.165) is 41.1 Å². The summed E-state index contributed by atoms with van der Waals surface area (Å²) in [5, 5.41) is 10.0. The van der Waals surface area contributed by atoms with E-state index < -0.39 is 0 Å². The molecule has 0 unspecified atom stereocenters. The summed E-state index contributed by atoms with van der Waals surface area (Å²) in [4.78, 5) is 26.2. The van der Waals surface area contributed by atoms with Crippen LogP contribution in [0.1, 0.15) is 54.7 Å². The second-order valence-corrected chi connectivity index (χ2v) is 8.92. The molecule has 3 heterocycles. The Balaban J connectivity index is 1.68. The summed E-state index contributed by atoms with van der Waals surface area (Å²) in [6, 6.07) is 8.32. The first kappa shape index (κ1) is 23.7. The normalized spacial score (nSPS) is 17.9. The summed E-state index contributed by atoms with van der Waals surface area (Å²) in [7, 11) is 1.60. The number of carbonyl (C=O) groups is 1. The summed E-state index contributed by atoms with van der Waals surface area (Å²) in [5.74, 6) is 1.21. The Morgan fingerprint density at radius 3 is 2.47 bits per heavy atom. The van der Waals surface area contributed by atoms with Crippen molar-refractivity contribution in [2.45, 2.75) is 38.1 Å². The zero-order chi connectivity index (χ0) is 24.2. The molecule has 0 N–H and O–H groups in total. The van der Waals surface area contributed by atoms with Crippen molar-refractivity contribution in [3.05, 3.63) is 54.0 Å². The molecule has 4 rings (SSSR count). The van der Waals surface area contributed by atoms with E-state index >= 15 is 0 Å². The largest absolute Gasteiger partial charge is 0.384 e. The molecular formula is C27H31N5O2. The van der Waals surface area contributed by atoms with Gasteiger partial charge in [0.2, 0.25) is 5.91 Å². The second kappa shape index (κ2) is 10.2. The number of piperazine rings is 1. The average Bonchev–Trinajstić information content (AvgIpc) is 3.71. The van der Waals surface area contributed by atoms with Gasteiger partial charge in [-0.15, -0.1) is 0 Å². The van der Waals surface area contributed by atoms with Crippen molar-refractivity contribution >= 4 is 23.9 Å². The monoisotopic (exact) mass is 457 g/mol. The topological polar surface area (TPSA) is 82.4 Å². The predicted octanol–water partition coefficient (Wildman–Crippen LogP) is 4.25. The van der Waals surface area contributed by atoms with Crippen molar-refractivity contribution in [2.24, 2.45) is 0 Å². The number of aromatic nitrogens is 2. The van der Waals surface area contributed by atoms with E-state index in [-0.39, 0.29) is 11.9 Å². The van der Waals surface area contributed by atoms with E-state index in [1.165, 1.54) is 0 Å². The summed E-state index contributed by atoms with van der Waals surface area (Å²) in [5.41, 5.74) is 5.04. The van der Waals surface area contributed by atoms with Gasteiger partial charge in [-0.2, -0.15) is 5.26 Å². The van der Waals surface area contributed by atoms with Crippen molar-refractivity contribution < 1.29 is 9.53 Å². The molecule has 1 saturated heterocycles. The van der Waals surface area contributed by atoms with Crippen molar-refractivity contribution in [3.8, 4) is 17.2 Å². The number of methoxy groups -OCH3 is 1. The van der Waals surface area contributed by atoms with Crippen LogP contribution in [0.5, 0.6) is 0 Å². The van der Waals surface area contributed by atoms with Gasteiger partial charge in [-0.1, -0.05) is 13.2 Å². The second-order valence-electron chi connectivity index (χ2n) is 8.92. The van der Waals surface area contributed by atoms with Gasteiger partial charge < -0.3 is 14.5 Å². The van der Waals surface area contributed by atoms with E-state index in [0.29, 0.717) is 50.0 Å². The third-order valence-corrected chi connectivity index (χ3v) is 6.48. The number of ether oxygens (including phenoxy) is 1. The highest BCUT2D eigenvalue weighted by molar-refractivity contribution is 5.78. The standard InChI is InChI=1S/C27H31N5O2/c1-5-22-13-20(14-23(6-2)29-22)24-15-21(16-28)27(30-26(24)19-7-8-19)31-10-11-32(18(3)17-31)25(33)9-12-34-4/h5-6,13-15,18-19H,1-2,7-12,17H2,3-4H3/t18-/m1/s1. The number of carbonyl (C=O) groups excluding carboxylic acids is 1. The zero-order valence-corrected chi connectivity index (χ0v) is 20.0. The number of nitriles is 1. The number of anilines is 1. The minimum absolute atomic E-state index is 0.0287. The molecule has 7 nitrogen and oxygen atoms in total. The summed E-state index contributed by atoms with van der Waals surface area (Å²) < 4.78 is 5.06. The van der Waals surface area contributed by atoms with Gasteiger partial charge in [-0.25, -0.2) is 9.97 Å². The van der Waals surface area contributed by atoms with E-state index in [9.17, 15) is 10.1 Å². The van der Waals surface area contributed by atoms with Crippen LogP contribution in [0.3, 0.4) is 0 Å². The zero-order valence-electron chi connectivity index (χ0n) is 20.0. The van der Waals surface area contributed by atoms with Crippen LogP contribution >= 0.6 is 0 Å². The number of rotatable bonds is 8. The Morgan fingerprint density at radius 1 is 1.21 bits per heavy atom. The van der Waals surface area contributed by atoms with Gasteiger partial charge in [0.1, 0.15) is 11.9 Å². The van der Waals surface area contributed by atoms with Gasteiger partial charge in [0.05, 0.1) is 35.7 Å². The fourth-order valence-electron chi connectivity index (χ4n) is 4.53. The Hall–Kier alpha value is -3.50. The highest BCUT2D eigenvalue weighted by atomic mass is 16.5. The maximum absolute atomic E-state index is 12.5. The van der Waals surface area contributed by atoms with E-state index in [4.69, 9.17) is 9.72 Å². The van der Waals surface area contributed by atoms with Crippen LogP contribution in [0, 0.1) is 11.3 Å². The SMILES string of the molecule is C=Cc1cc(-c2cc(C#N)c(N3CCN(C(=O)CCOC)[C@H](C)C3)nc2C2CC2)cc(C=C)n1. The van der Waals surface area contributed by atoms with Crippen molar-refractivity contribution in [2.75, 3.05) is 38.3 Å². The summed E-state index contributed by atoms with van der Waals surface area (Å²) >= 11 is 0. The summed E-state index contributed by atoms with van der Waals surface area (Å²) in [6.07, 6.45) is 6.01. The Kier molecular flexibility index (Phi) is 7.09. The molecule has 1 aliphatic carbocycles. The fraction of sp³-hybridized carbons (Fsp3) is 0.407. The Morgan fingerprint density at radius 2 is 1.91 bits per heavy atom. The van der Waals surface area contributed by atoms with Crippen LogP contribution in [0.25, 0.3) is 23.3 Å². The van der Waals surface area contributed by atoms with Crippen LogP contribution in [0.2, 0.25) is 0 Å². The molecule has 1 atom stereocenters. The maximum Gasteiger partial charge on any atom is 0.225 e. The van der Waals surface area contributed by atoms with E-state index in [2.05, 4.69) is 29.1 Å². The molecule has 7 heteroatoms. The van der Waals surface area contributed by atoms with Gasteiger partial charge in [-0.3, -0.25) is 4.79 Å². The van der Waals surface area contributed by atoms with Gasteiger partial charge in [-0.05, 0) is 55.7 Å². The van der Waals surface area contributed by atoms with Crippen LogP contribution in [0.4, 0.5) is 5.82 Å². The molecule has 0 radical (unpaired) electrons. The maximum atomic E-state index is 12.5. The molecule has 1 aliphatic heterocycles. The summed E-state index contributed by atoms with van der Waals surface area (Å²) in [6.45, 7) is 12.1. The predicted molar refractivity (Wildman–Crippen MR) is 134 cm³/mol. The smallest absolute Gasteiger partial charge is 0.225 e. The molecule has 2 fully saturated rings. The van der Waals surface area contributed by atoms with Crippen molar-refractivity contribution in [1.29, 1.82) is 5.26 Å². The van der Waals surface area contributed by atoms with Gasteiger partial charge in [0, 0.05) is 44.3 Å². The molecule has 0 bridgehead atoms. The number of nitrogens with zero attached hydrogens (tertiary/aromatic N) is 5. The molecule has 1 saturated carbocycles. The van der Waals surface area contributed by atoms with Gasteiger partial charge in [0.15, 0.2) is 0 Å². The van der Waals surface area contributed by atoms with Crippen molar-refractivity contribution in [1.82, 2.24) is 14.9 Å². The number of pyridine rings is 2. The van der Waals surface area contributed by atoms with Crippen LogP contribution in [-0.2, 0) is 9.53 Å². The molecule has 176 valence electrons. The Bertz CT molecular complexity index is 1120. The first-order chi connectivity index (χ1) is 16.5. The molecule has 0 aromatic carbocycles. The highest BCUT2D eigenvalue weighted by Gasteiger charge is 2.33. The lowest BCUT2D eigenvalue weighted by molar-refractivity contribution is -0.134. The molecule has 2 aromatic heterocycles. The lowest BCUT2D eigenvalue weighted by atomic mass is 9.98. The van der Waals surface area contributed by atoms with Gasteiger partial charge >= 0.3 is 0 Å². The molecular weight excluding hydrogens is 426 g/mol. The van der Waals surface area contributed by atoms with E-state index in [1.807, 2.05) is 30.0 Å². The van der Waals surface area contributed by atoms with Gasteiger partial charge in [0.25, 0.3) is 0 Å². The number of hydrogen-bond donors (Lipinski definition) is 0. The van der Waals surface area contributed by atoms with Crippen molar-refractivity contribution in [3.63, 3.8) is 0 Å². The molecule has 34 heavy (non-hydrogen) atoms. The third kappa shape index (κ3) is 4.87. The number of hydrogen-bond acceptors (Lipinski definition) is 6. The molecule has 2 aromatic rings. The third-order valence-electron chi connectivity index (χ3n) is 6.48. The first-order valence-electron chi connectivity index (χ1n) is 11.7. The van der Waals surface area contributed by atoms with E-state index in [1.54, 1.807) is 19.3 Å². The molecule has 0 spiro atoms. The molecule has 1 amide bonds. The molecule has 2 aliphatic rings. The lowest BCUT2D eigenvalue weighted by Gasteiger charge is -2.41. The van der Waals surface area contributed by atoms with Crippen LogP contribution < -0.4 is 4.90 Å². The van der Waals surface area contributed by atoms with Crippen LogP contribution in [0.15, 0.2) is 31.4 Å². The fourth-order valence-corrected chi connectivity index (χ4v) is 4.53. The highest BCUT2D eigenvalue weighted by Crippen LogP contribution is 2.45. The number of amides is 1. The minimum Gasteiger partial charge on any atom is -0.384 e. The quantitative estimate of drug-likeness (QED) is 0.589. The minimum atomic E-state index is 0.0287.